The van der Waals surface area contributed by atoms with Crippen LogP contribution in [0.15, 0.2) is 71.6 Å². The number of carbonyl (C=O) groups is 2. The Morgan fingerprint density at radius 2 is 1.80 bits per heavy atom. The van der Waals surface area contributed by atoms with Crippen molar-refractivity contribution >= 4 is 39.3 Å². The fourth-order valence-corrected chi connectivity index (χ4v) is 7.12. The SMILES string of the molecule is COC(=O)N[C@@H](Cc1ccccc1-c1cccc(F)c1)C(=O)NCCCCC(CO)N(CC(C)C)S(=O)(=O)c1ccc(N)c(Cl)c1. The summed E-state index contributed by atoms with van der Waals surface area (Å²) >= 11 is 6.10. The van der Waals surface area contributed by atoms with Gasteiger partial charge in [-0.05, 0) is 65.8 Å². The first-order valence-corrected chi connectivity index (χ1v) is 16.8. The van der Waals surface area contributed by atoms with Gasteiger partial charge in [-0.15, -0.1) is 0 Å². The summed E-state index contributed by atoms with van der Waals surface area (Å²) in [5, 5.41) is 15.7. The minimum Gasteiger partial charge on any atom is -0.453 e. The van der Waals surface area contributed by atoms with E-state index in [9.17, 15) is 27.5 Å². The number of methoxy groups -OCH3 is 1. The van der Waals surface area contributed by atoms with E-state index in [2.05, 4.69) is 10.6 Å². The molecule has 0 aliphatic carbocycles. The molecule has 250 valence electrons. The van der Waals surface area contributed by atoms with Crippen molar-refractivity contribution < 1.29 is 32.2 Å². The van der Waals surface area contributed by atoms with Gasteiger partial charge in [-0.1, -0.05) is 68.3 Å². The van der Waals surface area contributed by atoms with Crippen molar-refractivity contribution in [1.29, 1.82) is 0 Å². The number of nitrogens with zero attached hydrogens (tertiary/aromatic N) is 1. The second-order valence-corrected chi connectivity index (χ2v) is 13.6. The molecule has 1 unspecified atom stereocenters. The van der Waals surface area contributed by atoms with Crippen molar-refractivity contribution in [3.63, 3.8) is 0 Å². The minimum absolute atomic E-state index is 0.0128. The molecule has 0 saturated carbocycles. The lowest BCUT2D eigenvalue weighted by molar-refractivity contribution is -0.123. The molecule has 0 aliphatic heterocycles. The zero-order chi connectivity index (χ0) is 33.9. The molecule has 46 heavy (non-hydrogen) atoms. The zero-order valence-corrected chi connectivity index (χ0v) is 27.8. The Hall–Kier alpha value is -3.71. The molecule has 0 fully saturated rings. The Morgan fingerprint density at radius 3 is 2.46 bits per heavy atom. The first-order valence-electron chi connectivity index (χ1n) is 15.0. The number of nitrogens with two attached hydrogens (primary N) is 1. The number of sulfonamides is 1. The molecule has 3 aromatic carbocycles. The van der Waals surface area contributed by atoms with Crippen molar-refractivity contribution in [2.75, 3.05) is 32.5 Å². The van der Waals surface area contributed by atoms with E-state index >= 15 is 0 Å². The van der Waals surface area contributed by atoms with Crippen molar-refractivity contribution in [2.45, 2.75) is 56.5 Å². The Morgan fingerprint density at radius 1 is 1.07 bits per heavy atom. The highest BCUT2D eigenvalue weighted by molar-refractivity contribution is 7.89. The average Bonchev–Trinajstić information content (AvgIpc) is 3.02. The molecule has 0 spiro atoms. The Bertz CT molecular complexity index is 1590. The maximum absolute atomic E-state index is 13.9. The maximum atomic E-state index is 13.9. The monoisotopic (exact) mass is 676 g/mol. The van der Waals surface area contributed by atoms with Crippen LogP contribution in [0.25, 0.3) is 11.1 Å². The van der Waals surface area contributed by atoms with E-state index in [0.29, 0.717) is 24.8 Å². The molecule has 0 radical (unpaired) electrons. The minimum atomic E-state index is -3.99. The Kier molecular flexibility index (Phi) is 13.8. The lowest BCUT2D eigenvalue weighted by Gasteiger charge is -2.31. The summed E-state index contributed by atoms with van der Waals surface area (Å²) < 4.78 is 47.1. The summed E-state index contributed by atoms with van der Waals surface area (Å²) in [7, 11) is -2.79. The number of hydrogen-bond donors (Lipinski definition) is 4. The summed E-state index contributed by atoms with van der Waals surface area (Å²) in [4.78, 5) is 25.3. The van der Waals surface area contributed by atoms with Crippen LogP contribution in [0.4, 0.5) is 14.9 Å². The number of halogens is 2. The number of benzene rings is 3. The molecular formula is C33H42ClFN4O6S. The normalized spacial score (nSPS) is 13.0. The van der Waals surface area contributed by atoms with Crippen molar-refractivity contribution in [3.05, 3.63) is 83.1 Å². The number of unbranched alkanes of at least 4 members (excludes halogenated alkanes) is 1. The van der Waals surface area contributed by atoms with Gasteiger partial charge in [-0.2, -0.15) is 4.31 Å². The topological polar surface area (TPSA) is 151 Å². The fourth-order valence-electron chi connectivity index (χ4n) is 5.04. The largest absolute Gasteiger partial charge is 0.453 e. The van der Waals surface area contributed by atoms with Crippen LogP contribution in [0.3, 0.4) is 0 Å². The van der Waals surface area contributed by atoms with Crippen LogP contribution in [0.2, 0.25) is 5.02 Å². The highest BCUT2D eigenvalue weighted by Crippen LogP contribution is 2.28. The van der Waals surface area contributed by atoms with Gasteiger partial charge in [-0.25, -0.2) is 17.6 Å². The summed E-state index contributed by atoms with van der Waals surface area (Å²) in [5.41, 5.74) is 8.11. The first-order chi connectivity index (χ1) is 21.9. The molecule has 10 nitrogen and oxygen atoms in total. The van der Waals surface area contributed by atoms with Gasteiger partial charge in [0.1, 0.15) is 11.9 Å². The third-order valence-corrected chi connectivity index (χ3v) is 9.62. The van der Waals surface area contributed by atoms with Crippen LogP contribution in [-0.2, 0) is 26.0 Å². The molecule has 3 rings (SSSR count). The average molecular weight is 677 g/mol. The number of ether oxygens (including phenoxy) is 1. The molecule has 0 aromatic heterocycles. The number of hydrogen-bond acceptors (Lipinski definition) is 7. The van der Waals surface area contributed by atoms with Gasteiger partial charge < -0.3 is 26.2 Å². The van der Waals surface area contributed by atoms with E-state index < -0.39 is 46.5 Å². The van der Waals surface area contributed by atoms with E-state index in [4.69, 9.17) is 22.1 Å². The molecule has 3 aromatic rings. The number of nitrogen functional groups attached to an aromatic ring is 1. The summed E-state index contributed by atoms with van der Waals surface area (Å²) in [6, 6.07) is 15.8. The number of alkyl carbamates (subject to hydrolysis) is 1. The number of aliphatic hydroxyl groups is 1. The van der Waals surface area contributed by atoms with Gasteiger partial charge >= 0.3 is 6.09 Å². The lowest BCUT2D eigenvalue weighted by Crippen LogP contribution is -2.48. The molecule has 0 bridgehead atoms. The summed E-state index contributed by atoms with van der Waals surface area (Å²) in [5.74, 6) is -0.850. The van der Waals surface area contributed by atoms with Gasteiger partial charge in [0.2, 0.25) is 15.9 Å². The smallest absolute Gasteiger partial charge is 0.407 e. The number of rotatable bonds is 16. The van der Waals surface area contributed by atoms with Crippen LogP contribution in [0, 0.1) is 11.7 Å². The third-order valence-electron chi connectivity index (χ3n) is 7.38. The molecule has 0 saturated heterocycles. The fraction of sp³-hybridized carbons (Fsp3) is 0.394. The third kappa shape index (κ3) is 10.1. The number of aliphatic hydroxyl groups excluding tert-OH is 1. The Labute approximate surface area is 275 Å². The predicted octanol–water partition coefficient (Wildman–Crippen LogP) is 4.99. The molecule has 2 amide bonds. The molecule has 2 atom stereocenters. The highest BCUT2D eigenvalue weighted by Gasteiger charge is 2.32. The Balaban J connectivity index is 1.66. The number of nitrogens with one attached hydrogen (secondary N) is 2. The van der Waals surface area contributed by atoms with Crippen molar-refractivity contribution in [3.8, 4) is 11.1 Å². The van der Waals surface area contributed by atoms with Crippen LogP contribution in [0.1, 0.15) is 38.7 Å². The van der Waals surface area contributed by atoms with E-state index in [0.717, 1.165) is 11.1 Å². The van der Waals surface area contributed by atoms with Crippen LogP contribution >= 0.6 is 11.6 Å². The predicted molar refractivity (Wildman–Crippen MR) is 177 cm³/mol. The quantitative estimate of drug-likeness (QED) is 0.123. The number of amides is 2. The van der Waals surface area contributed by atoms with Gasteiger partial charge in [0.05, 0.1) is 29.3 Å². The first kappa shape index (κ1) is 36.8. The van der Waals surface area contributed by atoms with Crippen molar-refractivity contribution in [1.82, 2.24) is 14.9 Å². The standard InChI is InChI=1S/C33H42ClFN4O6S/c1-22(2)20-39(46(43,44)27-14-15-30(36)29(34)19-27)26(21-40)12-6-7-16-37-32(41)31(38-33(42)45-3)18-24-9-4-5-13-28(24)23-10-8-11-25(35)17-23/h4-5,8-11,13-15,17,19,22,26,31,40H,6-7,12,16,18,20-21,36H2,1-3H3,(H,37,41)(H,38,42)/t26?,31-/m0/s1. The van der Waals surface area contributed by atoms with Crippen LogP contribution in [0.5, 0.6) is 0 Å². The van der Waals surface area contributed by atoms with E-state index in [1.807, 2.05) is 32.0 Å². The molecule has 0 aliphatic rings. The second-order valence-electron chi connectivity index (χ2n) is 11.3. The van der Waals surface area contributed by atoms with E-state index in [1.165, 1.54) is 41.7 Å². The van der Waals surface area contributed by atoms with Crippen LogP contribution < -0.4 is 16.4 Å². The number of carbonyl (C=O) groups excluding carboxylic acids is 2. The summed E-state index contributed by atoms with van der Waals surface area (Å²) in [6.07, 6.45) is 0.665. The van der Waals surface area contributed by atoms with Gasteiger partial charge in [-0.3, -0.25) is 4.79 Å². The zero-order valence-electron chi connectivity index (χ0n) is 26.2. The van der Waals surface area contributed by atoms with Gasteiger partial charge in [0, 0.05) is 25.6 Å². The molecule has 0 heterocycles. The molecule has 5 N–H and O–H groups in total. The van der Waals surface area contributed by atoms with Gasteiger partial charge in [0.15, 0.2) is 0 Å². The van der Waals surface area contributed by atoms with Crippen LogP contribution in [-0.4, -0.2) is 68.7 Å². The maximum Gasteiger partial charge on any atom is 0.407 e. The second kappa shape index (κ2) is 17.3. The van der Waals surface area contributed by atoms with E-state index in [-0.39, 0.29) is 41.0 Å². The molecular weight excluding hydrogens is 635 g/mol. The lowest BCUT2D eigenvalue weighted by atomic mass is 9.94. The number of anilines is 1. The van der Waals surface area contributed by atoms with Gasteiger partial charge in [0.25, 0.3) is 0 Å². The van der Waals surface area contributed by atoms with E-state index in [1.54, 1.807) is 18.2 Å². The van der Waals surface area contributed by atoms with Crippen molar-refractivity contribution in [2.24, 2.45) is 5.92 Å². The summed E-state index contributed by atoms with van der Waals surface area (Å²) in [6.45, 7) is 3.81. The highest BCUT2D eigenvalue weighted by atomic mass is 35.5. The molecule has 13 heteroatoms.